The maximum Gasteiger partial charge on any atom is 0.274 e. The number of methoxy groups -OCH3 is 1. The van der Waals surface area contributed by atoms with E-state index in [-0.39, 0.29) is 16.5 Å². The van der Waals surface area contributed by atoms with Gasteiger partial charge in [-0.1, -0.05) is 11.6 Å². The molecule has 0 aliphatic carbocycles. The summed E-state index contributed by atoms with van der Waals surface area (Å²) >= 11 is 5.80. The number of carbonyl (C=O) groups is 1. The first kappa shape index (κ1) is 14.8. The smallest absolute Gasteiger partial charge is 0.274 e. The first-order valence-corrected chi connectivity index (χ1v) is 6.30. The maximum absolute atomic E-state index is 11.8. The average molecular weight is 306 g/mol. The van der Waals surface area contributed by atoms with Gasteiger partial charge in [-0.25, -0.2) is 10.4 Å². The topological polar surface area (TPSA) is 83.8 Å². The highest BCUT2D eigenvalue weighted by atomic mass is 35.5. The van der Waals surface area contributed by atoms with Gasteiger partial charge in [-0.05, 0) is 35.9 Å². The van der Waals surface area contributed by atoms with E-state index < -0.39 is 5.91 Å². The van der Waals surface area contributed by atoms with E-state index in [0.29, 0.717) is 11.3 Å². The second-order valence-electron chi connectivity index (χ2n) is 3.97. The molecular formula is C14H12ClN3O3. The van der Waals surface area contributed by atoms with E-state index in [1.165, 1.54) is 25.6 Å². The minimum Gasteiger partial charge on any atom is -0.504 e. The zero-order valence-electron chi connectivity index (χ0n) is 11.1. The summed E-state index contributed by atoms with van der Waals surface area (Å²) < 4.78 is 4.97. The third-order valence-corrected chi connectivity index (χ3v) is 2.89. The summed E-state index contributed by atoms with van der Waals surface area (Å²) in [6.45, 7) is 0. The largest absolute Gasteiger partial charge is 0.504 e. The number of hydrogen-bond acceptors (Lipinski definition) is 5. The Morgan fingerprint density at radius 2 is 2.29 bits per heavy atom. The summed E-state index contributed by atoms with van der Waals surface area (Å²) in [5.74, 6) is -0.114. The molecule has 21 heavy (non-hydrogen) atoms. The zero-order chi connectivity index (χ0) is 15.2. The van der Waals surface area contributed by atoms with E-state index in [1.54, 1.807) is 24.3 Å². The van der Waals surface area contributed by atoms with E-state index >= 15 is 0 Å². The van der Waals surface area contributed by atoms with Crippen molar-refractivity contribution in [3.63, 3.8) is 0 Å². The van der Waals surface area contributed by atoms with Gasteiger partial charge in [0.15, 0.2) is 11.5 Å². The summed E-state index contributed by atoms with van der Waals surface area (Å²) in [4.78, 5) is 15.6. The number of halogens is 1. The number of phenols is 1. The number of hydrazone groups is 1. The Kier molecular flexibility index (Phi) is 4.73. The molecule has 0 aliphatic rings. The van der Waals surface area contributed by atoms with E-state index in [0.717, 1.165) is 0 Å². The molecule has 108 valence electrons. The number of carbonyl (C=O) groups excluding carboxylic acids is 1. The van der Waals surface area contributed by atoms with Crippen LogP contribution < -0.4 is 10.2 Å². The monoisotopic (exact) mass is 305 g/mol. The molecule has 0 saturated heterocycles. The molecule has 1 aromatic heterocycles. The van der Waals surface area contributed by atoms with Crippen LogP contribution in [-0.2, 0) is 0 Å². The molecule has 1 amide bonds. The predicted octanol–water partition coefficient (Wildman–Crippen LogP) is 2.21. The van der Waals surface area contributed by atoms with Crippen molar-refractivity contribution in [1.82, 2.24) is 10.4 Å². The standard InChI is InChI=1S/C14H12ClN3O3/c1-21-12-7-9(4-5-11(12)19)8-17-18-14(20)10-3-2-6-16-13(10)15/h2-8,19H,1H3,(H,18,20). The molecule has 0 saturated carbocycles. The van der Waals surface area contributed by atoms with Gasteiger partial charge in [0, 0.05) is 6.20 Å². The number of nitrogens with zero attached hydrogens (tertiary/aromatic N) is 2. The molecule has 0 spiro atoms. The van der Waals surface area contributed by atoms with Gasteiger partial charge in [-0.2, -0.15) is 5.10 Å². The van der Waals surface area contributed by atoms with Crippen molar-refractivity contribution in [3.8, 4) is 11.5 Å². The molecule has 0 radical (unpaired) electrons. The molecule has 1 heterocycles. The van der Waals surface area contributed by atoms with Crippen molar-refractivity contribution in [2.45, 2.75) is 0 Å². The normalized spacial score (nSPS) is 10.6. The van der Waals surface area contributed by atoms with E-state index in [4.69, 9.17) is 16.3 Å². The Bertz CT molecular complexity index is 689. The van der Waals surface area contributed by atoms with Crippen LogP contribution in [0.2, 0.25) is 5.15 Å². The highest BCUT2D eigenvalue weighted by molar-refractivity contribution is 6.32. The van der Waals surface area contributed by atoms with Crippen LogP contribution in [0.15, 0.2) is 41.6 Å². The Morgan fingerprint density at radius 3 is 3.00 bits per heavy atom. The molecule has 0 bridgehead atoms. The maximum atomic E-state index is 11.8. The predicted molar refractivity (Wildman–Crippen MR) is 79.0 cm³/mol. The molecule has 6 nitrogen and oxygen atoms in total. The lowest BCUT2D eigenvalue weighted by molar-refractivity contribution is 0.0955. The zero-order valence-corrected chi connectivity index (χ0v) is 11.8. The molecule has 0 atom stereocenters. The molecule has 2 aromatic rings. The molecule has 7 heteroatoms. The Balaban J connectivity index is 2.06. The first-order valence-electron chi connectivity index (χ1n) is 5.92. The third-order valence-electron chi connectivity index (χ3n) is 2.59. The van der Waals surface area contributed by atoms with Gasteiger partial charge in [-0.15, -0.1) is 0 Å². The summed E-state index contributed by atoms with van der Waals surface area (Å²) in [6, 6.07) is 7.84. The fourth-order valence-corrected chi connectivity index (χ4v) is 1.76. The summed E-state index contributed by atoms with van der Waals surface area (Å²) in [5, 5.41) is 13.4. The highest BCUT2D eigenvalue weighted by Crippen LogP contribution is 2.25. The fraction of sp³-hybridized carbons (Fsp3) is 0.0714. The van der Waals surface area contributed by atoms with Crippen LogP contribution in [0.25, 0.3) is 0 Å². The van der Waals surface area contributed by atoms with Gasteiger partial charge < -0.3 is 9.84 Å². The van der Waals surface area contributed by atoms with Crippen LogP contribution in [0.4, 0.5) is 0 Å². The number of benzene rings is 1. The number of aromatic hydroxyl groups is 1. The van der Waals surface area contributed by atoms with Crippen LogP contribution in [0.5, 0.6) is 11.5 Å². The van der Waals surface area contributed by atoms with Gasteiger partial charge in [-0.3, -0.25) is 4.79 Å². The Hall–Kier alpha value is -2.60. The molecule has 2 N–H and O–H groups in total. The van der Waals surface area contributed by atoms with Crippen LogP contribution in [-0.4, -0.2) is 29.3 Å². The van der Waals surface area contributed by atoms with Crippen molar-refractivity contribution in [2.24, 2.45) is 5.10 Å². The summed E-state index contributed by atoms with van der Waals surface area (Å²) in [7, 11) is 1.45. The second-order valence-corrected chi connectivity index (χ2v) is 4.33. The lowest BCUT2D eigenvalue weighted by Gasteiger charge is -2.04. The molecule has 0 fully saturated rings. The van der Waals surface area contributed by atoms with E-state index in [2.05, 4.69) is 15.5 Å². The van der Waals surface area contributed by atoms with Crippen LogP contribution in [0.1, 0.15) is 15.9 Å². The average Bonchev–Trinajstić information content (AvgIpc) is 2.49. The number of ether oxygens (including phenoxy) is 1. The molecule has 0 aliphatic heterocycles. The fourth-order valence-electron chi connectivity index (χ4n) is 1.56. The quantitative estimate of drug-likeness (QED) is 0.515. The van der Waals surface area contributed by atoms with Crippen molar-refractivity contribution in [1.29, 1.82) is 0 Å². The van der Waals surface area contributed by atoms with Crippen molar-refractivity contribution in [2.75, 3.05) is 7.11 Å². The minimum absolute atomic E-state index is 0.0285. The van der Waals surface area contributed by atoms with Gasteiger partial charge in [0.2, 0.25) is 0 Å². The number of nitrogens with one attached hydrogen (secondary N) is 1. The highest BCUT2D eigenvalue weighted by Gasteiger charge is 2.09. The van der Waals surface area contributed by atoms with Crippen LogP contribution >= 0.6 is 11.6 Å². The third kappa shape index (κ3) is 3.70. The summed E-state index contributed by atoms with van der Waals surface area (Å²) in [6.07, 6.45) is 2.91. The number of rotatable bonds is 4. The van der Waals surface area contributed by atoms with E-state index in [9.17, 15) is 9.90 Å². The molecular weight excluding hydrogens is 294 g/mol. The molecule has 1 aromatic carbocycles. The van der Waals surface area contributed by atoms with E-state index in [1.807, 2.05) is 0 Å². The second kappa shape index (κ2) is 6.71. The van der Waals surface area contributed by atoms with Crippen molar-refractivity contribution < 1.29 is 14.6 Å². The lowest BCUT2D eigenvalue weighted by atomic mass is 10.2. The van der Waals surface area contributed by atoms with Crippen LogP contribution in [0.3, 0.4) is 0 Å². The number of amides is 1. The minimum atomic E-state index is -0.463. The van der Waals surface area contributed by atoms with Gasteiger partial charge in [0.1, 0.15) is 5.15 Å². The van der Waals surface area contributed by atoms with Crippen LogP contribution in [0, 0.1) is 0 Å². The van der Waals surface area contributed by atoms with Crippen molar-refractivity contribution in [3.05, 3.63) is 52.8 Å². The van der Waals surface area contributed by atoms with Gasteiger partial charge in [0.05, 0.1) is 18.9 Å². The number of pyridine rings is 1. The first-order chi connectivity index (χ1) is 10.1. The summed E-state index contributed by atoms with van der Waals surface area (Å²) in [5.41, 5.74) is 3.23. The lowest BCUT2D eigenvalue weighted by Crippen LogP contribution is -2.18. The van der Waals surface area contributed by atoms with Crippen molar-refractivity contribution >= 4 is 23.7 Å². The Morgan fingerprint density at radius 1 is 1.48 bits per heavy atom. The van der Waals surface area contributed by atoms with Gasteiger partial charge >= 0.3 is 0 Å². The SMILES string of the molecule is COc1cc(C=NNC(=O)c2cccnc2Cl)ccc1O. The number of phenolic OH excluding ortho intramolecular Hbond substituents is 1. The number of aromatic nitrogens is 1. The van der Waals surface area contributed by atoms with Gasteiger partial charge in [0.25, 0.3) is 5.91 Å². The number of hydrogen-bond donors (Lipinski definition) is 2. The molecule has 2 rings (SSSR count). The Labute approximate surface area is 126 Å². The molecule has 0 unspecified atom stereocenters.